The van der Waals surface area contributed by atoms with Gasteiger partial charge >= 0.3 is 0 Å². The Hall–Kier alpha value is -2.80. The van der Waals surface area contributed by atoms with Gasteiger partial charge in [0.15, 0.2) is 0 Å². The highest BCUT2D eigenvalue weighted by molar-refractivity contribution is 8.15. The number of aryl methyl sites for hydroxylation is 1. The fourth-order valence-corrected chi connectivity index (χ4v) is 4.95. The van der Waals surface area contributed by atoms with E-state index in [0.717, 1.165) is 47.8 Å². The van der Waals surface area contributed by atoms with E-state index < -0.39 is 0 Å². The molecule has 4 rings (SSSR count). The summed E-state index contributed by atoms with van der Waals surface area (Å²) in [6.07, 6.45) is 2.06. The van der Waals surface area contributed by atoms with E-state index in [-0.39, 0.29) is 9.99 Å². The van der Waals surface area contributed by atoms with Gasteiger partial charge in [0, 0.05) is 24.3 Å². The number of benzene rings is 2. The van der Waals surface area contributed by atoms with Crippen LogP contribution in [0.15, 0.2) is 52.6 Å². The molecule has 0 aromatic heterocycles. The average Bonchev–Trinajstić information content (AvgIpc) is 2.76. The van der Waals surface area contributed by atoms with Crippen molar-refractivity contribution in [2.45, 2.75) is 38.4 Å². The summed E-state index contributed by atoms with van der Waals surface area (Å²) in [7, 11) is 1.68. The first kappa shape index (κ1) is 21.4. The van der Waals surface area contributed by atoms with Crippen molar-refractivity contribution in [2.75, 3.05) is 25.1 Å². The minimum absolute atomic E-state index is 0.113. The number of hydrogen-bond donors (Lipinski definition) is 1. The van der Waals surface area contributed by atoms with Crippen LogP contribution in [-0.2, 0) is 6.42 Å². The monoisotopic (exact) mass is 436 g/mol. The van der Waals surface area contributed by atoms with Crippen LogP contribution in [0.3, 0.4) is 0 Å². The van der Waals surface area contributed by atoms with Gasteiger partial charge in [-0.3, -0.25) is 9.79 Å². The number of amides is 1. The molecule has 0 radical (unpaired) electrons. The van der Waals surface area contributed by atoms with Crippen LogP contribution in [-0.4, -0.2) is 41.7 Å². The first-order valence-corrected chi connectivity index (χ1v) is 11.4. The largest absolute Gasteiger partial charge is 0.497 e. The lowest BCUT2D eigenvalue weighted by atomic mass is 9.93. The van der Waals surface area contributed by atoms with Crippen LogP contribution in [0.4, 0.5) is 10.5 Å². The van der Waals surface area contributed by atoms with Gasteiger partial charge in [-0.2, -0.15) is 5.10 Å². The van der Waals surface area contributed by atoms with Crippen LogP contribution >= 0.6 is 11.8 Å². The first-order chi connectivity index (χ1) is 14.9. The van der Waals surface area contributed by atoms with Crippen molar-refractivity contribution in [3.63, 3.8) is 0 Å². The van der Waals surface area contributed by atoms with Gasteiger partial charge in [0.2, 0.25) is 0 Å². The van der Waals surface area contributed by atoms with Gasteiger partial charge in [-0.05, 0) is 81.1 Å². The summed E-state index contributed by atoms with van der Waals surface area (Å²) in [6, 6.07) is 14.6. The molecule has 2 aliphatic rings. The molecule has 6 nitrogen and oxygen atoms in total. The molecule has 2 heterocycles. The van der Waals surface area contributed by atoms with Crippen LogP contribution in [0.1, 0.15) is 43.9 Å². The molecule has 0 saturated heterocycles. The lowest BCUT2D eigenvalue weighted by Gasteiger charge is -2.34. The fourth-order valence-electron chi connectivity index (χ4n) is 4.14. The molecule has 31 heavy (non-hydrogen) atoms. The molecule has 0 unspecified atom stereocenters. The van der Waals surface area contributed by atoms with Gasteiger partial charge in [-0.1, -0.05) is 17.8 Å². The molecule has 0 saturated carbocycles. The topological polar surface area (TPSA) is 66.3 Å². The molecule has 0 fully saturated rings. The van der Waals surface area contributed by atoms with E-state index in [0.29, 0.717) is 6.54 Å². The molecule has 2 aromatic carbocycles. The standard InChI is InChI=1S/C24H28N4O2S/c1-5-25-22(16-8-11-19(30-4)12-9-16)28-14-6-7-17-15-18(10-13-20(17)28)21-24(2,3)31-23(29)27-26-21/h8-13,15H,5-7,14H2,1-4H3,(H,27,29)/b25-22-. The molecule has 1 amide bonds. The van der Waals surface area contributed by atoms with Crippen molar-refractivity contribution >= 4 is 34.2 Å². The number of carbonyl (C=O) groups is 1. The number of hydrazone groups is 1. The lowest BCUT2D eigenvalue weighted by Crippen LogP contribution is -2.39. The Bertz CT molecular complexity index is 1040. The highest BCUT2D eigenvalue weighted by atomic mass is 32.2. The van der Waals surface area contributed by atoms with Crippen LogP contribution in [0.5, 0.6) is 5.75 Å². The number of nitrogens with one attached hydrogen (secondary N) is 1. The maximum atomic E-state index is 11.8. The Labute approximate surface area is 187 Å². The van der Waals surface area contributed by atoms with E-state index in [4.69, 9.17) is 9.73 Å². The lowest BCUT2D eigenvalue weighted by molar-refractivity contribution is 0.260. The number of hydrogen-bond acceptors (Lipinski definition) is 5. The number of ether oxygens (including phenoxy) is 1. The summed E-state index contributed by atoms with van der Waals surface area (Å²) in [4.78, 5) is 18.9. The van der Waals surface area contributed by atoms with Crippen molar-refractivity contribution in [2.24, 2.45) is 10.1 Å². The summed E-state index contributed by atoms with van der Waals surface area (Å²) in [5.74, 6) is 1.82. The predicted octanol–water partition coefficient (Wildman–Crippen LogP) is 4.85. The van der Waals surface area contributed by atoms with E-state index in [9.17, 15) is 4.79 Å². The van der Waals surface area contributed by atoms with Gasteiger partial charge in [0.25, 0.3) is 5.24 Å². The highest BCUT2D eigenvalue weighted by Gasteiger charge is 2.34. The van der Waals surface area contributed by atoms with Crippen molar-refractivity contribution in [1.82, 2.24) is 5.43 Å². The second-order valence-electron chi connectivity index (χ2n) is 8.10. The molecule has 0 aliphatic carbocycles. The number of methoxy groups -OCH3 is 1. The third-order valence-electron chi connectivity index (χ3n) is 5.56. The van der Waals surface area contributed by atoms with Crippen LogP contribution in [0.25, 0.3) is 0 Å². The van der Waals surface area contributed by atoms with E-state index in [2.05, 4.69) is 52.7 Å². The predicted molar refractivity (Wildman–Crippen MR) is 129 cm³/mol. The number of carbonyl (C=O) groups excluding carboxylic acids is 1. The van der Waals surface area contributed by atoms with Gasteiger partial charge in [0.1, 0.15) is 11.6 Å². The second kappa shape index (κ2) is 8.75. The van der Waals surface area contributed by atoms with E-state index in [1.165, 1.54) is 23.0 Å². The zero-order valence-electron chi connectivity index (χ0n) is 18.4. The molecule has 1 N–H and O–H groups in total. The zero-order valence-corrected chi connectivity index (χ0v) is 19.3. The van der Waals surface area contributed by atoms with Crippen LogP contribution in [0.2, 0.25) is 0 Å². The summed E-state index contributed by atoms with van der Waals surface area (Å²) in [5.41, 5.74) is 8.11. The number of aliphatic imine (C=N–C) groups is 1. The second-order valence-corrected chi connectivity index (χ2v) is 9.69. The Kier molecular flexibility index (Phi) is 6.05. The first-order valence-electron chi connectivity index (χ1n) is 10.6. The van der Waals surface area contributed by atoms with Crippen LogP contribution in [0, 0.1) is 0 Å². The van der Waals surface area contributed by atoms with Crippen molar-refractivity contribution < 1.29 is 9.53 Å². The number of anilines is 1. The fraction of sp³-hybridized carbons (Fsp3) is 0.375. The third-order valence-corrected chi connectivity index (χ3v) is 6.54. The van der Waals surface area contributed by atoms with Gasteiger partial charge in [-0.25, -0.2) is 5.43 Å². The highest BCUT2D eigenvalue weighted by Crippen LogP contribution is 2.35. The number of thioether (sulfide) groups is 1. The third kappa shape index (κ3) is 4.32. The Morgan fingerprint density at radius 3 is 2.71 bits per heavy atom. The molecule has 0 spiro atoms. The smallest absolute Gasteiger partial charge is 0.300 e. The number of fused-ring (bicyclic) bond motifs is 1. The quantitative estimate of drug-likeness (QED) is 0.549. The molecular formula is C24H28N4O2S. The molecular weight excluding hydrogens is 408 g/mol. The molecule has 162 valence electrons. The normalized spacial score (nSPS) is 18.2. The zero-order chi connectivity index (χ0) is 22.0. The Morgan fingerprint density at radius 2 is 2.03 bits per heavy atom. The van der Waals surface area contributed by atoms with E-state index in [1.54, 1.807) is 7.11 Å². The minimum atomic E-state index is -0.372. The molecule has 2 aromatic rings. The van der Waals surface area contributed by atoms with Gasteiger partial charge < -0.3 is 9.64 Å². The molecule has 0 atom stereocenters. The maximum absolute atomic E-state index is 11.8. The van der Waals surface area contributed by atoms with E-state index in [1.807, 2.05) is 26.0 Å². The molecule has 7 heteroatoms. The SMILES string of the molecule is CC/N=C(/c1ccc(OC)cc1)N1CCCc2cc(C3=NNC(=O)SC3(C)C)ccc21. The van der Waals surface area contributed by atoms with Crippen molar-refractivity contribution in [3.05, 3.63) is 59.2 Å². The summed E-state index contributed by atoms with van der Waals surface area (Å²) in [5, 5.41) is 4.26. The Morgan fingerprint density at radius 1 is 1.26 bits per heavy atom. The van der Waals surface area contributed by atoms with Gasteiger partial charge in [-0.15, -0.1) is 0 Å². The van der Waals surface area contributed by atoms with Crippen molar-refractivity contribution in [1.29, 1.82) is 0 Å². The summed E-state index contributed by atoms with van der Waals surface area (Å²) >= 11 is 1.28. The summed E-state index contributed by atoms with van der Waals surface area (Å²) in [6.45, 7) is 7.78. The minimum Gasteiger partial charge on any atom is -0.497 e. The number of amidine groups is 1. The number of nitrogens with zero attached hydrogens (tertiary/aromatic N) is 3. The molecule has 2 aliphatic heterocycles. The van der Waals surface area contributed by atoms with E-state index >= 15 is 0 Å². The van der Waals surface area contributed by atoms with Crippen LogP contribution < -0.4 is 15.1 Å². The molecule has 0 bridgehead atoms. The summed E-state index contributed by atoms with van der Waals surface area (Å²) < 4.78 is 4.94. The number of rotatable bonds is 4. The maximum Gasteiger partial charge on any atom is 0.300 e. The Balaban J connectivity index is 1.70. The average molecular weight is 437 g/mol. The van der Waals surface area contributed by atoms with Gasteiger partial charge in [0.05, 0.1) is 17.6 Å². The van der Waals surface area contributed by atoms with Crippen molar-refractivity contribution in [3.8, 4) is 5.75 Å².